The zero-order valence-corrected chi connectivity index (χ0v) is 19.2. The Morgan fingerprint density at radius 3 is 2.55 bits per heavy atom. The van der Waals surface area contributed by atoms with Crippen LogP contribution in [0.4, 0.5) is 22.4 Å². The molecule has 0 aromatic heterocycles. The van der Waals surface area contributed by atoms with Gasteiger partial charge in [-0.3, -0.25) is 9.91 Å². The molecule has 3 aliphatic rings. The van der Waals surface area contributed by atoms with Crippen LogP contribution >= 0.6 is 0 Å². The molecule has 10 heteroatoms. The van der Waals surface area contributed by atoms with Crippen molar-refractivity contribution in [1.29, 1.82) is 0 Å². The number of hydrazine groups is 1. The van der Waals surface area contributed by atoms with Gasteiger partial charge in [0, 0.05) is 18.7 Å². The standard InChI is InChI=1S/C23H31F4N5O/c1-4-32-19(12-21(2,30-32)23(25,26)27)31-14-22(29-20(31)33)10-8-15(9-11-22)16-6-5-7-18(24)17(16)13-28-3/h5-7,12,15,28,30H,4,8-11,13-14H2,1-3H3,(H,29,33). The van der Waals surface area contributed by atoms with E-state index in [-0.39, 0.29) is 30.1 Å². The lowest BCUT2D eigenvalue weighted by Gasteiger charge is -2.37. The first-order chi connectivity index (χ1) is 15.5. The molecule has 1 atom stereocenters. The highest BCUT2D eigenvalue weighted by atomic mass is 19.4. The highest BCUT2D eigenvalue weighted by Gasteiger charge is 2.56. The van der Waals surface area contributed by atoms with E-state index in [0.717, 1.165) is 31.4 Å². The van der Waals surface area contributed by atoms with E-state index in [1.807, 2.05) is 6.07 Å². The minimum Gasteiger partial charge on any atom is -0.330 e. The van der Waals surface area contributed by atoms with E-state index >= 15 is 0 Å². The van der Waals surface area contributed by atoms with Crippen LogP contribution in [0.1, 0.15) is 56.6 Å². The number of hydrogen-bond donors (Lipinski definition) is 3. The van der Waals surface area contributed by atoms with Crippen molar-refractivity contribution in [3.63, 3.8) is 0 Å². The third kappa shape index (κ3) is 4.19. The van der Waals surface area contributed by atoms with Crippen LogP contribution in [0.3, 0.4) is 0 Å². The second-order valence-electron chi connectivity index (χ2n) is 9.47. The lowest BCUT2D eigenvalue weighted by molar-refractivity contribution is -0.182. The van der Waals surface area contributed by atoms with Crippen LogP contribution in [0.15, 0.2) is 30.1 Å². The van der Waals surface area contributed by atoms with E-state index in [1.54, 1.807) is 20.0 Å². The number of amides is 2. The summed E-state index contributed by atoms with van der Waals surface area (Å²) in [6, 6.07) is 4.77. The van der Waals surface area contributed by atoms with Crippen molar-refractivity contribution >= 4 is 6.03 Å². The van der Waals surface area contributed by atoms with Gasteiger partial charge in [-0.15, -0.1) is 0 Å². The smallest absolute Gasteiger partial charge is 0.330 e. The fourth-order valence-corrected chi connectivity index (χ4v) is 5.29. The Hall–Kier alpha value is -2.33. The zero-order valence-electron chi connectivity index (χ0n) is 19.2. The minimum atomic E-state index is -4.50. The van der Waals surface area contributed by atoms with Gasteiger partial charge in [0.25, 0.3) is 0 Å². The second kappa shape index (κ2) is 8.47. The number of carbonyl (C=O) groups is 1. The van der Waals surface area contributed by atoms with Gasteiger partial charge in [0.1, 0.15) is 11.6 Å². The van der Waals surface area contributed by atoms with Crippen LogP contribution in [0, 0.1) is 5.82 Å². The molecule has 1 saturated carbocycles. The molecule has 2 amide bonds. The first-order valence-corrected chi connectivity index (χ1v) is 11.4. The summed E-state index contributed by atoms with van der Waals surface area (Å²) in [6.45, 7) is 3.84. The first-order valence-electron chi connectivity index (χ1n) is 11.4. The number of nitrogens with one attached hydrogen (secondary N) is 3. The molecule has 6 nitrogen and oxygen atoms in total. The average molecular weight is 470 g/mol. The maximum Gasteiger partial charge on any atom is 0.411 e. The molecular weight excluding hydrogens is 438 g/mol. The van der Waals surface area contributed by atoms with Crippen LogP contribution in [0.25, 0.3) is 0 Å². The molecule has 1 unspecified atom stereocenters. The van der Waals surface area contributed by atoms with Crippen molar-refractivity contribution in [3.8, 4) is 0 Å². The third-order valence-electron chi connectivity index (χ3n) is 7.21. The molecule has 1 saturated heterocycles. The van der Waals surface area contributed by atoms with Gasteiger partial charge >= 0.3 is 12.2 Å². The summed E-state index contributed by atoms with van der Waals surface area (Å²) < 4.78 is 55.2. The monoisotopic (exact) mass is 469 g/mol. The van der Waals surface area contributed by atoms with E-state index in [1.165, 1.54) is 16.0 Å². The van der Waals surface area contributed by atoms with Crippen molar-refractivity contribution in [2.75, 3.05) is 20.1 Å². The normalized spacial score (nSPS) is 30.2. The molecule has 0 bridgehead atoms. The molecule has 2 fully saturated rings. The van der Waals surface area contributed by atoms with Gasteiger partial charge in [-0.2, -0.15) is 13.2 Å². The molecule has 2 aliphatic heterocycles. The Morgan fingerprint density at radius 1 is 1.24 bits per heavy atom. The predicted octanol–water partition coefficient (Wildman–Crippen LogP) is 3.97. The maximum atomic E-state index is 14.4. The number of rotatable bonds is 5. The van der Waals surface area contributed by atoms with Gasteiger partial charge in [-0.05, 0) is 70.2 Å². The van der Waals surface area contributed by atoms with Crippen LogP contribution < -0.4 is 16.1 Å². The van der Waals surface area contributed by atoms with Crippen LogP contribution in [-0.2, 0) is 6.54 Å². The Balaban J connectivity index is 1.51. The molecule has 1 aromatic carbocycles. The van der Waals surface area contributed by atoms with Gasteiger partial charge in [0.05, 0.1) is 12.1 Å². The van der Waals surface area contributed by atoms with Gasteiger partial charge in [-0.1, -0.05) is 12.1 Å². The summed E-state index contributed by atoms with van der Waals surface area (Å²) in [7, 11) is 1.78. The van der Waals surface area contributed by atoms with Gasteiger partial charge in [0.15, 0.2) is 5.54 Å². The van der Waals surface area contributed by atoms with Crippen LogP contribution in [0.2, 0.25) is 0 Å². The van der Waals surface area contributed by atoms with Crippen molar-refractivity contribution in [1.82, 2.24) is 26.0 Å². The van der Waals surface area contributed by atoms with E-state index < -0.39 is 17.3 Å². The van der Waals surface area contributed by atoms with Crippen molar-refractivity contribution in [2.45, 2.75) is 69.2 Å². The Labute approximate surface area is 191 Å². The predicted molar refractivity (Wildman–Crippen MR) is 116 cm³/mol. The highest BCUT2D eigenvalue weighted by molar-refractivity contribution is 5.80. The second-order valence-corrected chi connectivity index (χ2v) is 9.47. The fourth-order valence-electron chi connectivity index (χ4n) is 5.29. The lowest BCUT2D eigenvalue weighted by atomic mass is 9.73. The topological polar surface area (TPSA) is 59.6 Å². The van der Waals surface area contributed by atoms with Crippen molar-refractivity contribution < 1.29 is 22.4 Å². The first kappa shape index (κ1) is 23.8. The number of halogens is 4. The Bertz CT molecular complexity index is 941. The third-order valence-corrected chi connectivity index (χ3v) is 7.21. The molecule has 0 radical (unpaired) electrons. The van der Waals surface area contributed by atoms with Crippen LogP contribution in [-0.4, -0.2) is 53.3 Å². The molecule has 1 spiro atoms. The summed E-state index contributed by atoms with van der Waals surface area (Å²) in [5.41, 5.74) is 1.43. The highest BCUT2D eigenvalue weighted by Crippen LogP contribution is 2.44. The molecule has 2 heterocycles. The largest absolute Gasteiger partial charge is 0.411 e. The number of benzene rings is 1. The molecule has 33 heavy (non-hydrogen) atoms. The Morgan fingerprint density at radius 2 is 1.94 bits per heavy atom. The van der Waals surface area contributed by atoms with Gasteiger partial charge in [-0.25, -0.2) is 14.6 Å². The fraction of sp³-hybridized carbons (Fsp3) is 0.609. The van der Waals surface area contributed by atoms with Crippen molar-refractivity contribution in [3.05, 3.63) is 47.0 Å². The molecule has 3 N–H and O–H groups in total. The number of alkyl halides is 3. The molecule has 4 rings (SSSR count). The summed E-state index contributed by atoms with van der Waals surface area (Å²) in [4.78, 5) is 14.3. The van der Waals surface area contributed by atoms with E-state index in [0.29, 0.717) is 31.5 Å². The van der Waals surface area contributed by atoms with E-state index in [9.17, 15) is 22.4 Å². The molecule has 182 valence electrons. The summed E-state index contributed by atoms with van der Waals surface area (Å²) >= 11 is 0. The minimum absolute atomic E-state index is 0.175. The summed E-state index contributed by atoms with van der Waals surface area (Å²) in [6.07, 6.45) is -0.508. The van der Waals surface area contributed by atoms with Gasteiger partial charge in [0.2, 0.25) is 0 Å². The van der Waals surface area contributed by atoms with Crippen molar-refractivity contribution in [2.24, 2.45) is 0 Å². The van der Waals surface area contributed by atoms with Crippen LogP contribution in [0.5, 0.6) is 0 Å². The molecule has 1 aromatic rings. The Kier molecular flexibility index (Phi) is 6.11. The quantitative estimate of drug-likeness (QED) is 0.572. The van der Waals surface area contributed by atoms with E-state index in [4.69, 9.17) is 0 Å². The van der Waals surface area contributed by atoms with E-state index in [2.05, 4.69) is 16.1 Å². The zero-order chi connectivity index (χ0) is 24.0. The average Bonchev–Trinajstić information content (AvgIpc) is 3.27. The number of urea groups is 1. The number of hydrogen-bond acceptors (Lipinski definition) is 4. The number of carbonyl (C=O) groups excluding carboxylic acids is 1. The molecule has 1 aliphatic carbocycles. The number of nitrogens with zero attached hydrogens (tertiary/aromatic N) is 2. The summed E-state index contributed by atoms with van der Waals surface area (Å²) in [5.74, 6) is 0.180. The summed E-state index contributed by atoms with van der Waals surface area (Å²) in [5, 5.41) is 7.46. The van der Waals surface area contributed by atoms with Gasteiger partial charge < -0.3 is 10.6 Å². The lowest BCUT2D eigenvalue weighted by Crippen LogP contribution is -2.55. The SMILES string of the molecule is CCN1NC(C)(C(F)(F)F)C=C1N1CC2(CCC(c3cccc(F)c3CNC)CC2)NC1=O. The molecular formula is C23H31F4N5O. The maximum absolute atomic E-state index is 14.4.